The van der Waals surface area contributed by atoms with Crippen molar-refractivity contribution in [2.24, 2.45) is 5.92 Å². The quantitative estimate of drug-likeness (QED) is 0.888. The van der Waals surface area contributed by atoms with Crippen LogP contribution >= 0.6 is 0 Å². The number of hydrogen-bond donors (Lipinski definition) is 1. The lowest BCUT2D eigenvalue weighted by atomic mass is 9.87. The van der Waals surface area contributed by atoms with Crippen molar-refractivity contribution in [3.63, 3.8) is 0 Å². The van der Waals surface area contributed by atoms with E-state index in [1.165, 1.54) is 70.1 Å². The average Bonchev–Trinajstić information content (AvgIpc) is 2.56. The highest BCUT2D eigenvalue weighted by Gasteiger charge is 2.28. The summed E-state index contributed by atoms with van der Waals surface area (Å²) in [5, 5.41) is 4.00. The lowest BCUT2D eigenvalue weighted by Gasteiger charge is -2.40. The van der Waals surface area contributed by atoms with Gasteiger partial charge in [0.1, 0.15) is 0 Å². The third-order valence-corrected chi connectivity index (χ3v) is 5.50. The predicted molar refractivity (Wildman–Crippen MR) is 94.2 cm³/mol. The Labute approximate surface area is 136 Å². The molecule has 1 aliphatic carbocycles. The molecule has 0 bridgehead atoms. The van der Waals surface area contributed by atoms with E-state index in [0.29, 0.717) is 6.04 Å². The van der Waals surface area contributed by atoms with Crippen molar-refractivity contribution in [3.05, 3.63) is 35.9 Å². The molecule has 1 aromatic rings. The van der Waals surface area contributed by atoms with Gasteiger partial charge in [-0.3, -0.25) is 0 Å². The second-order valence-electron chi connectivity index (χ2n) is 7.34. The summed E-state index contributed by atoms with van der Waals surface area (Å²) in [6.45, 7) is 6.02. The van der Waals surface area contributed by atoms with Crippen molar-refractivity contribution >= 4 is 0 Å². The van der Waals surface area contributed by atoms with E-state index >= 15 is 0 Å². The number of benzene rings is 1. The molecule has 3 rings (SSSR count). The third-order valence-electron chi connectivity index (χ3n) is 5.50. The van der Waals surface area contributed by atoms with Gasteiger partial charge in [-0.2, -0.15) is 0 Å². The van der Waals surface area contributed by atoms with Gasteiger partial charge in [0.25, 0.3) is 0 Å². The van der Waals surface area contributed by atoms with Gasteiger partial charge in [0.05, 0.1) is 0 Å². The molecule has 1 heterocycles. The van der Waals surface area contributed by atoms with Gasteiger partial charge in [0.15, 0.2) is 0 Å². The Morgan fingerprint density at radius 2 is 1.77 bits per heavy atom. The molecule has 0 aromatic heterocycles. The zero-order chi connectivity index (χ0) is 15.2. The van der Waals surface area contributed by atoms with E-state index in [1.807, 2.05) is 0 Å². The van der Waals surface area contributed by atoms with Crippen LogP contribution in [-0.4, -0.2) is 36.6 Å². The van der Waals surface area contributed by atoms with Crippen molar-refractivity contribution < 1.29 is 0 Å². The Morgan fingerprint density at radius 1 is 1.00 bits per heavy atom. The second-order valence-corrected chi connectivity index (χ2v) is 7.34. The molecule has 2 heteroatoms. The van der Waals surface area contributed by atoms with Crippen LogP contribution in [0.5, 0.6) is 0 Å². The van der Waals surface area contributed by atoms with Crippen LogP contribution in [0.2, 0.25) is 0 Å². The van der Waals surface area contributed by atoms with E-state index in [2.05, 4.69) is 47.5 Å². The molecule has 0 amide bonds. The molecule has 2 nitrogen and oxygen atoms in total. The predicted octanol–water partition coefficient (Wildman–Crippen LogP) is 3.86. The SMILES string of the molecule is CCN1CC(Cc2ccccc2)CC(NC2CCCCC2)C1. The van der Waals surface area contributed by atoms with Gasteiger partial charge in [-0.15, -0.1) is 0 Å². The lowest BCUT2D eigenvalue weighted by Crippen LogP contribution is -2.52. The second kappa shape index (κ2) is 8.12. The molecule has 0 spiro atoms. The maximum absolute atomic E-state index is 4.00. The number of nitrogens with one attached hydrogen (secondary N) is 1. The van der Waals surface area contributed by atoms with E-state index in [4.69, 9.17) is 0 Å². The molecular weight excluding hydrogens is 268 g/mol. The fourth-order valence-corrected chi connectivity index (χ4v) is 4.38. The maximum atomic E-state index is 4.00. The molecule has 2 aliphatic rings. The summed E-state index contributed by atoms with van der Waals surface area (Å²) in [4.78, 5) is 2.65. The first-order valence-corrected chi connectivity index (χ1v) is 9.36. The first-order chi connectivity index (χ1) is 10.8. The topological polar surface area (TPSA) is 15.3 Å². The molecule has 2 fully saturated rings. The molecule has 0 radical (unpaired) electrons. The van der Waals surface area contributed by atoms with Crippen molar-refractivity contribution in [3.8, 4) is 0 Å². The van der Waals surface area contributed by atoms with E-state index in [9.17, 15) is 0 Å². The van der Waals surface area contributed by atoms with Crippen LogP contribution in [0.3, 0.4) is 0 Å². The molecule has 2 atom stereocenters. The molecule has 22 heavy (non-hydrogen) atoms. The monoisotopic (exact) mass is 300 g/mol. The van der Waals surface area contributed by atoms with Crippen LogP contribution in [0.25, 0.3) is 0 Å². The maximum Gasteiger partial charge on any atom is 0.0200 e. The van der Waals surface area contributed by atoms with E-state index in [1.54, 1.807) is 0 Å². The van der Waals surface area contributed by atoms with E-state index in [-0.39, 0.29) is 0 Å². The van der Waals surface area contributed by atoms with Gasteiger partial charge >= 0.3 is 0 Å². The minimum Gasteiger partial charge on any atom is -0.310 e. The number of hydrogen-bond acceptors (Lipinski definition) is 2. The average molecular weight is 300 g/mol. The highest BCUT2D eigenvalue weighted by Crippen LogP contribution is 2.24. The van der Waals surface area contributed by atoms with Crippen LogP contribution in [0, 0.1) is 5.92 Å². The summed E-state index contributed by atoms with van der Waals surface area (Å²) in [7, 11) is 0. The number of likely N-dealkylation sites (N-methyl/N-ethyl adjacent to an activating group) is 1. The van der Waals surface area contributed by atoms with Crippen LogP contribution in [0.1, 0.15) is 51.0 Å². The Morgan fingerprint density at radius 3 is 2.50 bits per heavy atom. The fourth-order valence-electron chi connectivity index (χ4n) is 4.38. The Bertz CT molecular complexity index is 425. The van der Waals surface area contributed by atoms with Gasteiger partial charge in [-0.25, -0.2) is 0 Å². The molecule has 2 unspecified atom stereocenters. The molecule has 1 saturated carbocycles. The molecule has 122 valence electrons. The summed E-state index contributed by atoms with van der Waals surface area (Å²) in [5.74, 6) is 0.803. The summed E-state index contributed by atoms with van der Waals surface area (Å²) in [6, 6.07) is 12.5. The zero-order valence-electron chi connectivity index (χ0n) is 14.1. The number of piperidine rings is 1. The van der Waals surface area contributed by atoms with Gasteiger partial charge in [-0.05, 0) is 43.7 Å². The largest absolute Gasteiger partial charge is 0.310 e. The number of rotatable bonds is 5. The van der Waals surface area contributed by atoms with Crippen LogP contribution < -0.4 is 5.32 Å². The Hall–Kier alpha value is -0.860. The number of likely N-dealkylation sites (tertiary alicyclic amines) is 1. The molecule has 1 saturated heterocycles. The fraction of sp³-hybridized carbons (Fsp3) is 0.700. The van der Waals surface area contributed by atoms with E-state index in [0.717, 1.165) is 12.0 Å². The Kier molecular flexibility index (Phi) is 5.91. The minimum absolute atomic E-state index is 0.700. The van der Waals surface area contributed by atoms with E-state index < -0.39 is 0 Å². The van der Waals surface area contributed by atoms with Crippen LogP contribution in [0.15, 0.2) is 30.3 Å². The smallest absolute Gasteiger partial charge is 0.0200 e. The molecular formula is C20H32N2. The summed E-state index contributed by atoms with van der Waals surface area (Å²) >= 11 is 0. The van der Waals surface area contributed by atoms with Gasteiger partial charge in [-0.1, -0.05) is 56.5 Å². The highest BCUT2D eigenvalue weighted by molar-refractivity contribution is 5.15. The van der Waals surface area contributed by atoms with Gasteiger partial charge in [0, 0.05) is 25.2 Å². The first-order valence-electron chi connectivity index (χ1n) is 9.36. The van der Waals surface area contributed by atoms with Crippen molar-refractivity contribution in [1.29, 1.82) is 0 Å². The summed E-state index contributed by atoms with van der Waals surface area (Å²) in [5.41, 5.74) is 1.50. The van der Waals surface area contributed by atoms with Crippen LogP contribution in [0.4, 0.5) is 0 Å². The lowest BCUT2D eigenvalue weighted by molar-refractivity contribution is 0.135. The number of nitrogens with zero attached hydrogens (tertiary/aromatic N) is 1. The van der Waals surface area contributed by atoms with Crippen LogP contribution in [-0.2, 0) is 6.42 Å². The summed E-state index contributed by atoms with van der Waals surface area (Å²) in [6.07, 6.45) is 9.67. The minimum atomic E-state index is 0.700. The van der Waals surface area contributed by atoms with Crippen molar-refractivity contribution in [1.82, 2.24) is 10.2 Å². The van der Waals surface area contributed by atoms with Crippen molar-refractivity contribution in [2.75, 3.05) is 19.6 Å². The normalized spacial score (nSPS) is 27.9. The molecule has 1 aromatic carbocycles. The third kappa shape index (κ3) is 4.57. The molecule has 1 N–H and O–H groups in total. The van der Waals surface area contributed by atoms with Gasteiger partial charge < -0.3 is 10.2 Å². The van der Waals surface area contributed by atoms with Crippen molar-refractivity contribution in [2.45, 2.75) is 64.0 Å². The highest BCUT2D eigenvalue weighted by atomic mass is 15.2. The summed E-state index contributed by atoms with van der Waals surface area (Å²) < 4.78 is 0. The molecule has 1 aliphatic heterocycles. The standard InChI is InChI=1S/C20H32N2/c1-2-22-15-18(13-17-9-5-3-6-10-17)14-20(16-22)21-19-11-7-4-8-12-19/h3,5-6,9-10,18-21H,2,4,7-8,11-16H2,1H3. The Balaban J connectivity index is 1.56. The van der Waals surface area contributed by atoms with Gasteiger partial charge in [0.2, 0.25) is 0 Å². The zero-order valence-corrected chi connectivity index (χ0v) is 14.1. The first kappa shape index (κ1) is 16.0.